The Bertz CT molecular complexity index is 834. The molecule has 136 valence electrons. The van der Waals surface area contributed by atoms with Gasteiger partial charge in [-0.15, -0.1) is 0 Å². The van der Waals surface area contributed by atoms with Crippen molar-refractivity contribution < 1.29 is 0 Å². The smallest absolute Gasteiger partial charge is 0.121 e. The molecule has 1 atom stereocenters. The number of nitrogens with zero attached hydrogens (tertiary/aromatic N) is 3. The van der Waals surface area contributed by atoms with Gasteiger partial charge < -0.3 is 4.98 Å². The quantitative estimate of drug-likeness (QED) is 0.690. The van der Waals surface area contributed by atoms with Crippen molar-refractivity contribution in [3.05, 3.63) is 59.7 Å². The van der Waals surface area contributed by atoms with E-state index in [0.717, 1.165) is 36.4 Å². The number of pyridine rings is 1. The molecular weight excluding hydrogens is 320 g/mol. The summed E-state index contributed by atoms with van der Waals surface area (Å²) in [5.74, 6) is 1.75. The maximum absolute atomic E-state index is 4.81. The number of aromatic nitrogens is 3. The number of rotatable bonds is 6. The summed E-state index contributed by atoms with van der Waals surface area (Å²) in [5.41, 5.74) is 4.86. The first kappa shape index (κ1) is 17.2. The monoisotopic (exact) mass is 348 g/mol. The van der Waals surface area contributed by atoms with Crippen molar-refractivity contribution in [3.63, 3.8) is 0 Å². The Morgan fingerprint density at radius 3 is 2.92 bits per heavy atom. The van der Waals surface area contributed by atoms with Crippen LogP contribution in [0, 0.1) is 5.92 Å². The molecule has 3 aromatic rings. The molecule has 0 radical (unpaired) electrons. The summed E-state index contributed by atoms with van der Waals surface area (Å²) < 4.78 is 0. The molecule has 0 saturated carbocycles. The van der Waals surface area contributed by atoms with Gasteiger partial charge in [-0.05, 0) is 61.9 Å². The second kappa shape index (κ2) is 7.58. The van der Waals surface area contributed by atoms with E-state index >= 15 is 0 Å². The lowest BCUT2D eigenvalue weighted by molar-refractivity contribution is 0.154. The Labute approximate surface area is 155 Å². The summed E-state index contributed by atoms with van der Waals surface area (Å²) in [5, 5.41) is 0. The summed E-state index contributed by atoms with van der Waals surface area (Å²) >= 11 is 0. The standard InChI is InChI=1S/C22H28N4/c1-16(2)12-14-26(15-21-24-18-9-3-4-10-19(18)25-21)20-11-5-7-17-8-6-13-23-22(17)20/h3-4,6,8-10,13,16,20H,5,7,11-12,14-15H2,1-2H3,(H,24,25). The highest BCUT2D eigenvalue weighted by molar-refractivity contribution is 5.74. The van der Waals surface area contributed by atoms with Crippen LogP contribution in [0.3, 0.4) is 0 Å². The van der Waals surface area contributed by atoms with Gasteiger partial charge in [0.25, 0.3) is 0 Å². The molecule has 4 rings (SSSR count). The second-order valence-electron chi connectivity index (χ2n) is 7.81. The van der Waals surface area contributed by atoms with E-state index in [4.69, 9.17) is 9.97 Å². The van der Waals surface area contributed by atoms with Crippen molar-refractivity contribution in [2.24, 2.45) is 5.92 Å². The normalized spacial score (nSPS) is 17.2. The maximum Gasteiger partial charge on any atom is 0.121 e. The fraction of sp³-hybridized carbons (Fsp3) is 0.455. The Kier molecular flexibility index (Phi) is 5.02. The summed E-state index contributed by atoms with van der Waals surface area (Å²) in [4.78, 5) is 15.7. The molecule has 0 bridgehead atoms. The van der Waals surface area contributed by atoms with Crippen LogP contribution in [0.5, 0.6) is 0 Å². The molecule has 0 aliphatic heterocycles. The minimum atomic E-state index is 0.395. The molecule has 1 aliphatic rings. The minimum absolute atomic E-state index is 0.395. The number of benzene rings is 1. The van der Waals surface area contributed by atoms with Gasteiger partial charge in [-0.2, -0.15) is 0 Å². The van der Waals surface area contributed by atoms with E-state index in [9.17, 15) is 0 Å². The first-order valence-corrected chi connectivity index (χ1v) is 9.82. The van der Waals surface area contributed by atoms with Gasteiger partial charge in [-0.3, -0.25) is 9.88 Å². The van der Waals surface area contributed by atoms with Gasteiger partial charge in [0.1, 0.15) is 5.82 Å². The summed E-state index contributed by atoms with van der Waals surface area (Å²) in [7, 11) is 0. The number of H-pyrrole nitrogens is 1. The maximum atomic E-state index is 4.81. The van der Waals surface area contributed by atoms with Crippen LogP contribution in [0.15, 0.2) is 42.6 Å². The molecule has 0 amide bonds. The lowest BCUT2D eigenvalue weighted by Crippen LogP contribution is -2.33. The predicted molar refractivity (Wildman–Crippen MR) is 106 cm³/mol. The lowest BCUT2D eigenvalue weighted by Gasteiger charge is -2.35. The Hall–Kier alpha value is -2.20. The number of imidazole rings is 1. The lowest BCUT2D eigenvalue weighted by atomic mass is 9.90. The van der Waals surface area contributed by atoms with E-state index in [-0.39, 0.29) is 0 Å². The molecule has 0 saturated heterocycles. The summed E-state index contributed by atoms with van der Waals surface area (Å²) in [6.07, 6.45) is 6.71. The van der Waals surface area contributed by atoms with Crippen molar-refractivity contribution in [2.45, 2.75) is 52.1 Å². The van der Waals surface area contributed by atoms with E-state index in [0.29, 0.717) is 12.0 Å². The number of aromatic amines is 1. The zero-order valence-corrected chi connectivity index (χ0v) is 15.8. The zero-order valence-electron chi connectivity index (χ0n) is 15.8. The van der Waals surface area contributed by atoms with Crippen LogP contribution >= 0.6 is 0 Å². The van der Waals surface area contributed by atoms with Crippen molar-refractivity contribution in [1.29, 1.82) is 0 Å². The van der Waals surface area contributed by atoms with E-state index in [1.807, 2.05) is 12.3 Å². The van der Waals surface area contributed by atoms with Crippen molar-refractivity contribution in [2.75, 3.05) is 6.54 Å². The van der Waals surface area contributed by atoms with Gasteiger partial charge in [-0.1, -0.05) is 32.0 Å². The number of aryl methyl sites for hydroxylation is 1. The van der Waals surface area contributed by atoms with Crippen LogP contribution in [0.1, 0.15) is 56.2 Å². The zero-order chi connectivity index (χ0) is 17.9. The first-order chi connectivity index (χ1) is 12.7. The Morgan fingerprint density at radius 1 is 1.19 bits per heavy atom. The number of hydrogen-bond acceptors (Lipinski definition) is 3. The van der Waals surface area contributed by atoms with Gasteiger partial charge >= 0.3 is 0 Å². The van der Waals surface area contributed by atoms with Crippen LogP contribution < -0.4 is 0 Å². The molecule has 4 nitrogen and oxygen atoms in total. The first-order valence-electron chi connectivity index (χ1n) is 9.82. The molecule has 0 fully saturated rings. The summed E-state index contributed by atoms with van der Waals surface area (Å²) in [6, 6.07) is 13.0. The van der Waals surface area contributed by atoms with Crippen LogP contribution in [0.25, 0.3) is 11.0 Å². The van der Waals surface area contributed by atoms with Gasteiger partial charge in [0, 0.05) is 6.20 Å². The third kappa shape index (κ3) is 3.65. The molecule has 1 unspecified atom stereocenters. The van der Waals surface area contributed by atoms with Gasteiger partial charge in [0.05, 0.1) is 29.3 Å². The molecule has 4 heteroatoms. The highest BCUT2D eigenvalue weighted by atomic mass is 15.2. The second-order valence-corrected chi connectivity index (χ2v) is 7.81. The number of para-hydroxylation sites is 2. The van der Waals surface area contributed by atoms with E-state index in [1.165, 1.54) is 30.5 Å². The van der Waals surface area contributed by atoms with Crippen LogP contribution in [0.4, 0.5) is 0 Å². The summed E-state index contributed by atoms with van der Waals surface area (Å²) in [6.45, 7) is 6.52. The van der Waals surface area contributed by atoms with E-state index < -0.39 is 0 Å². The Balaban J connectivity index is 1.62. The number of fused-ring (bicyclic) bond motifs is 2. The molecule has 26 heavy (non-hydrogen) atoms. The van der Waals surface area contributed by atoms with Crippen molar-refractivity contribution >= 4 is 11.0 Å². The third-order valence-electron chi connectivity index (χ3n) is 5.39. The SMILES string of the molecule is CC(C)CCN(Cc1nc2ccccc2[nH]1)C1CCCc2cccnc21. The average Bonchev–Trinajstić information content (AvgIpc) is 3.07. The third-order valence-corrected chi connectivity index (χ3v) is 5.39. The van der Waals surface area contributed by atoms with E-state index in [2.05, 4.69) is 54.1 Å². The molecule has 2 heterocycles. The average molecular weight is 348 g/mol. The van der Waals surface area contributed by atoms with Crippen LogP contribution in [-0.4, -0.2) is 26.4 Å². The highest BCUT2D eigenvalue weighted by Crippen LogP contribution is 2.34. The van der Waals surface area contributed by atoms with Crippen LogP contribution in [0.2, 0.25) is 0 Å². The van der Waals surface area contributed by atoms with Crippen LogP contribution in [-0.2, 0) is 13.0 Å². The van der Waals surface area contributed by atoms with Gasteiger partial charge in [-0.25, -0.2) is 4.98 Å². The molecule has 1 aromatic carbocycles. The molecule has 2 aromatic heterocycles. The van der Waals surface area contributed by atoms with E-state index in [1.54, 1.807) is 0 Å². The van der Waals surface area contributed by atoms with Gasteiger partial charge in [0.2, 0.25) is 0 Å². The molecule has 1 aliphatic carbocycles. The predicted octanol–water partition coefficient (Wildman–Crippen LogP) is 4.88. The fourth-order valence-electron chi connectivity index (χ4n) is 3.98. The minimum Gasteiger partial charge on any atom is -0.341 e. The molecular formula is C22H28N4. The number of hydrogen-bond donors (Lipinski definition) is 1. The largest absolute Gasteiger partial charge is 0.341 e. The Morgan fingerprint density at radius 2 is 2.08 bits per heavy atom. The molecule has 0 spiro atoms. The van der Waals surface area contributed by atoms with Crippen molar-refractivity contribution in [3.8, 4) is 0 Å². The van der Waals surface area contributed by atoms with Gasteiger partial charge in [0.15, 0.2) is 0 Å². The fourth-order valence-corrected chi connectivity index (χ4v) is 3.98. The highest BCUT2D eigenvalue weighted by Gasteiger charge is 2.27. The molecule has 1 N–H and O–H groups in total. The topological polar surface area (TPSA) is 44.8 Å². The van der Waals surface area contributed by atoms with Crippen molar-refractivity contribution in [1.82, 2.24) is 19.9 Å². The number of nitrogens with one attached hydrogen (secondary N) is 1.